The van der Waals surface area contributed by atoms with Gasteiger partial charge in [0.25, 0.3) is 0 Å². The van der Waals surface area contributed by atoms with Crippen molar-refractivity contribution in [3.8, 4) is 0 Å². The minimum Gasteiger partial charge on any atom is -0.725 e. The van der Waals surface area contributed by atoms with E-state index in [0.717, 1.165) is 5.57 Å². The summed E-state index contributed by atoms with van der Waals surface area (Å²) >= 11 is 0. The van der Waals surface area contributed by atoms with Gasteiger partial charge in [-0.1, -0.05) is 11.6 Å². The summed E-state index contributed by atoms with van der Waals surface area (Å²) in [5, 5.41) is 9.28. The number of hydrogen-bond donors (Lipinski definition) is 1. The zero-order valence-electron chi connectivity index (χ0n) is 12.7. The number of aliphatic hydroxyl groups is 1. The summed E-state index contributed by atoms with van der Waals surface area (Å²) in [4.78, 5) is 10.5. The summed E-state index contributed by atoms with van der Waals surface area (Å²) in [7, 11) is -4.93. The van der Waals surface area contributed by atoms with Gasteiger partial charge in [0, 0.05) is 6.92 Å². The van der Waals surface area contributed by atoms with Gasteiger partial charge in [0.1, 0.15) is 6.61 Å². The fraction of sp³-hybridized carbons (Fsp3) is 0.583. The van der Waals surface area contributed by atoms with Crippen molar-refractivity contribution in [1.29, 1.82) is 0 Å². The summed E-state index contributed by atoms with van der Waals surface area (Å²) in [6.45, 7) is 4.82. The van der Waals surface area contributed by atoms with E-state index in [0.29, 0.717) is 12.8 Å². The largest absolute Gasteiger partial charge is 1.00 e. The van der Waals surface area contributed by atoms with E-state index in [1.54, 1.807) is 12.2 Å². The van der Waals surface area contributed by atoms with Crippen LogP contribution in [0.2, 0.25) is 0 Å². The van der Waals surface area contributed by atoms with Gasteiger partial charge in [-0.2, -0.15) is 0 Å². The monoisotopic (exact) mass is 330 g/mol. The number of carbonyl (C=O) groups is 1. The Bertz CT molecular complexity index is 482. The Kier molecular flexibility index (Phi) is 12.5. The maximum absolute atomic E-state index is 10.5. The quantitative estimate of drug-likeness (QED) is 0.137. The van der Waals surface area contributed by atoms with Gasteiger partial charge in [0.15, 0.2) is 6.29 Å². The summed E-state index contributed by atoms with van der Waals surface area (Å²) in [6, 6.07) is 0. The van der Waals surface area contributed by atoms with Crippen molar-refractivity contribution in [3.05, 3.63) is 23.3 Å². The standard InChI is InChI=1S/C12H20O7S.Na/c1-9(7-8-18-11(3)13)5-4-6-10(2)12(14)19-20(15,16)17;/h6-7,12,14H,4-5,8H2,1-3H3,(H,15,16,17);/q;+1/p-1/b9-7+,10-6+;. The molecule has 116 valence electrons. The van der Waals surface area contributed by atoms with Crippen molar-refractivity contribution in [3.63, 3.8) is 0 Å². The average Bonchev–Trinajstić information content (AvgIpc) is 2.25. The molecule has 0 saturated carbocycles. The molecule has 21 heavy (non-hydrogen) atoms. The molecule has 0 spiro atoms. The zero-order valence-corrected chi connectivity index (χ0v) is 15.5. The van der Waals surface area contributed by atoms with Gasteiger partial charge in [0.05, 0.1) is 0 Å². The van der Waals surface area contributed by atoms with Crippen LogP contribution in [0.15, 0.2) is 23.3 Å². The van der Waals surface area contributed by atoms with Crippen molar-refractivity contribution in [2.24, 2.45) is 0 Å². The molecule has 0 bridgehead atoms. The van der Waals surface area contributed by atoms with Gasteiger partial charge in [-0.3, -0.25) is 4.79 Å². The molecule has 0 aromatic heterocycles. The van der Waals surface area contributed by atoms with Crippen molar-refractivity contribution in [2.75, 3.05) is 6.61 Å². The zero-order chi connectivity index (χ0) is 15.8. The van der Waals surface area contributed by atoms with E-state index in [2.05, 4.69) is 4.18 Å². The first-order valence-electron chi connectivity index (χ1n) is 5.89. The van der Waals surface area contributed by atoms with Crippen molar-refractivity contribution >= 4 is 16.4 Å². The van der Waals surface area contributed by atoms with Crippen LogP contribution >= 0.6 is 0 Å². The molecule has 0 aliphatic heterocycles. The van der Waals surface area contributed by atoms with Crippen LogP contribution in [0.3, 0.4) is 0 Å². The van der Waals surface area contributed by atoms with Crippen LogP contribution in [-0.2, 0) is 24.1 Å². The second kappa shape index (κ2) is 11.4. The fourth-order valence-electron chi connectivity index (χ4n) is 1.22. The number of carbonyl (C=O) groups excluding carboxylic acids is 1. The van der Waals surface area contributed by atoms with Crippen LogP contribution in [0.4, 0.5) is 0 Å². The van der Waals surface area contributed by atoms with Crippen molar-refractivity contribution in [1.82, 2.24) is 0 Å². The summed E-state index contributed by atoms with van der Waals surface area (Å²) in [5.74, 6) is -0.358. The van der Waals surface area contributed by atoms with Gasteiger partial charge < -0.3 is 14.4 Å². The molecule has 0 aliphatic rings. The second-order valence-electron chi connectivity index (χ2n) is 4.20. The second-order valence-corrected chi connectivity index (χ2v) is 5.21. The molecule has 0 rings (SSSR count). The van der Waals surface area contributed by atoms with E-state index < -0.39 is 16.7 Å². The average molecular weight is 330 g/mol. The first kappa shape index (κ1) is 23.1. The Labute approximate surface area is 147 Å². The molecule has 0 aromatic rings. The minimum absolute atomic E-state index is 0. The molecule has 0 saturated heterocycles. The summed E-state index contributed by atoms with van der Waals surface area (Å²) in [6.07, 6.45) is 2.71. The van der Waals surface area contributed by atoms with Gasteiger partial charge in [-0.25, -0.2) is 12.6 Å². The van der Waals surface area contributed by atoms with Gasteiger partial charge >= 0.3 is 35.5 Å². The molecular weight excluding hydrogens is 311 g/mol. The number of esters is 1. The van der Waals surface area contributed by atoms with Gasteiger partial charge in [-0.05, 0) is 38.3 Å². The maximum Gasteiger partial charge on any atom is 1.00 e. The molecule has 7 nitrogen and oxygen atoms in total. The number of hydrogen-bond acceptors (Lipinski definition) is 7. The molecule has 0 amide bonds. The number of aliphatic hydroxyl groups excluding tert-OH is 1. The molecule has 0 heterocycles. The van der Waals surface area contributed by atoms with E-state index in [1.807, 2.05) is 6.92 Å². The van der Waals surface area contributed by atoms with Gasteiger partial charge in [-0.15, -0.1) is 0 Å². The molecule has 0 aromatic carbocycles. The Hall–Kier alpha value is -0.220. The summed E-state index contributed by atoms with van der Waals surface area (Å²) < 4.78 is 39.5. The fourth-order valence-corrected chi connectivity index (χ4v) is 1.59. The number of allylic oxidation sites excluding steroid dienone is 2. The Morgan fingerprint density at radius 3 is 2.33 bits per heavy atom. The van der Waals surface area contributed by atoms with E-state index in [-0.39, 0.29) is 47.7 Å². The van der Waals surface area contributed by atoms with Crippen LogP contribution in [0.25, 0.3) is 0 Å². The van der Waals surface area contributed by atoms with Gasteiger partial charge in [0.2, 0.25) is 10.4 Å². The summed E-state index contributed by atoms with van der Waals surface area (Å²) in [5.41, 5.74) is 1.21. The van der Waals surface area contributed by atoms with Crippen LogP contribution in [0, 0.1) is 0 Å². The Balaban J connectivity index is 0. The van der Waals surface area contributed by atoms with Crippen molar-refractivity contribution in [2.45, 2.75) is 39.9 Å². The van der Waals surface area contributed by atoms with E-state index in [9.17, 15) is 22.9 Å². The first-order valence-corrected chi connectivity index (χ1v) is 7.23. The molecule has 9 heteroatoms. The minimum atomic E-state index is -4.93. The third-order valence-corrected chi connectivity index (χ3v) is 2.74. The molecular formula is C12H19NaO7S. The van der Waals surface area contributed by atoms with Crippen LogP contribution < -0.4 is 29.6 Å². The smallest absolute Gasteiger partial charge is 0.725 e. The predicted octanol–water partition coefficient (Wildman–Crippen LogP) is -1.98. The van der Waals surface area contributed by atoms with E-state index >= 15 is 0 Å². The predicted molar refractivity (Wildman–Crippen MR) is 70.2 cm³/mol. The molecule has 1 N–H and O–H groups in total. The maximum atomic E-state index is 10.5. The molecule has 1 unspecified atom stereocenters. The molecule has 0 radical (unpaired) electrons. The van der Waals surface area contributed by atoms with E-state index in [1.165, 1.54) is 13.8 Å². The van der Waals surface area contributed by atoms with Crippen LogP contribution in [0.5, 0.6) is 0 Å². The number of ether oxygens (including phenoxy) is 1. The molecule has 0 fully saturated rings. The van der Waals surface area contributed by atoms with Crippen LogP contribution in [-0.4, -0.2) is 36.9 Å². The SMILES string of the molecule is CC(=O)OC/C=C(\C)CC/C=C(\C)C(O)OS(=O)(=O)[O-].[Na+]. The topological polar surface area (TPSA) is 113 Å². The van der Waals surface area contributed by atoms with Crippen LogP contribution in [0.1, 0.15) is 33.6 Å². The third kappa shape index (κ3) is 14.5. The first-order chi connectivity index (χ1) is 9.11. The number of rotatable bonds is 8. The third-order valence-electron chi connectivity index (χ3n) is 2.32. The Morgan fingerprint density at radius 2 is 1.86 bits per heavy atom. The molecule has 0 aliphatic carbocycles. The Morgan fingerprint density at radius 1 is 1.29 bits per heavy atom. The normalized spacial score (nSPS) is 14.3. The molecule has 1 atom stereocenters. The van der Waals surface area contributed by atoms with Crippen molar-refractivity contribution < 1.29 is 61.3 Å². The van der Waals surface area contributed by atoms with E-state index in [4.69, 9.17) is 4.74 Å².